The number of carbonyl (C=O) groups is 1. The maximum absolute atomic E-state index is 12.2. The Labute approximate surface area is 118 Å². The van der Waals surface area contributed by atoms with Crippen LogP contribution in [0.15, 0.2) is 30.5 Å². The zero-order valence-corrected chi connectivity index (χ0v) is 11.9. The second kappa shape index (κ2) is 6.02. The number of halogens is 1. The zero-order chi connectivity index (χ0) is 13.8. The van der Waals surface area contributed by atoms with Crippen LogP contribution >= 0.6 is 11.6 Å². The largest absolute Gasteiger partial charge is 0.342 e. The maximum Gasteiger partial charge on any atom is 0.255 e. The minimum Gasteiger partial charge on any atom is -0.342 e. The maximum atomic E-state index is 12.2. The molecule has 0 bridgehead atoms. The van der Waals surface area contributed by atoms with Crippen molar-refractivity contribution in [1.82, 2.24) is 9.88 Å². The molecule has 0 atom stereocenters. The average molecular weight is 277 g/mol. The SMILES string of the molecule is CCCCN(C)C(=O)c1cnc2ccc(Cl)cc2c1. The first-order valence-corrected chi connectivity index (χ1v) is 6.80. The number of nitrogens with zero attached hydrogens (tertiary/aromatic N) is 2. The van der Waals surface area contributed by atoms with Gasteiger partial charge in [-0.3, -0.25) is 9.78 Å². The van der Waals surface area contributed by atoms with Gasteiger partial charge in [0.25, 0.3) is 5.91 Å². The van der Waals surface area contributed by atoms with Gasteiger partial charge in [-0.1, -0.05) is 24.9 Å². The summed E-state index contributed by atoms with van der Waals surface area (Å²) in [5.74, 6) is 0.00262. The standard InChI is InChI=1S/C15H17ClN2O/c1-3-4-7-18(2)15(19)12-8-11-9-13(16)5-6-14(11)17-10-12/h5-6,8-10H,3-4,7H2,1-2H3. The Bertz CT molecular complexity index is 598. The smallest absolute Gasteiger partial charge is 0.255 e. The number of amides is 1. The predicted octanol–water partition coefficient (Wildman–Crippen LogP) is 3.76. The number of carbonyl (C=O) groups excluding carboxylic acids is 1. The van der Waals surface area contributed by atoms with Gasteiger partial charge < -0.3 is 4.90 Å². The molecule has 0 unspecified atom stereocenters. The van der Waals surface area contributed by atoms with E-state index >= 15 is 0 Å². The highest BCUT2D eigenvalue weighted by Gasteiger charge is 2.12. The van der Waals surface area contributed by atoms with Crippen LogP contribution in [0.4, 0.5) is 0 Å². The van der Waals surface area contributed by atoms with Gasteiger partial charge in [-0.2, -0.15) is 0 Å². The Balaban J connectivity index is 2.27. The van der Waals surface area contributed by atoms with Crippen molar-refractivity contribution in [1.29, 1.82) is 0 Å². The van der Waals surface area contributed by atoms with E-state index in [1.807, 2.05) is 25.2 Å². The zero-order valence-electron chi connectivity index (χ0n) is 11.2. The fraction of sp³-hybridized carbons (Fsp3) is 0.333. The summed E-state index contributed by atoms with van der Waals surface area (Å²) in [4.78, 5) is 18.3. The third-order valence-corrected chi connectivity index (χ3v) is 3.32. The second-order valence-corrected chi connectivity index (χ2v) is 5.08. The molecular weight excluding hydrogens is 260 g/mol. The van der Waals surface area contributed by atoms with E-state index in [1.54, 1.807) is 17.2 Å². The van der Waals surface area contributed by atoms with Gasteiger partial charge in [0.2, 0.25) is 0 Å². The van der Waals surface area contributed by atoms with E-state index in [4.69, 9.17) is 11.6 Å². The summed E-state index contributed by atoms with van der Waals surface area (Å²) in [6, 6.07) is 7.32. The van der Waals surface area contributed by atoms with Crippen molar-refractivity contribution >= 4 is 28.4 Å². The van der Waals surface area contributed by atoms with Crippen molar-refractivity contribution in [2.45, 2.75) is 19.8 Å². The first-order chi connectivity index (χ1) is 9.11. The van der Waals surface area contributed by atoms with Crippen molar-refractivity contribution in [3.63, 3.8) is 0 Å². The van der Waals surface area contributed by atoms with Gasteiger partial charge >= 0.3 is 0 Å². The molecule has 0 saturated heterocycles. The van der Waals surface area contributed by atoms with Gasteiger partial charge in [0.05, 0.1) is 11.1 Å². The Hall–Kier alpha value is -1.61. The molecule has 3 nitrogen and oxygen atoms in total. The number of hydrogen-bond donors (Lipinski definition) is 0. The van der Waals surface area contributed by atoms with Gasteiger partial charge in [0.15, 0.2) is 0 Å². The molecule has 0 saturated carbocycles. The summed E-state index contributed by atoms with van der Waals surface area (Å²) in [6.07, 6.45) is 3.71. The van der Waals surface area contributed by atoms with E-state index in [9.17, 15) is 4.79 Å². The molecule has 0 aliphatic carbocycles. The molecule has 0 fully saturated rings. The van der Waals surface area contributed by atoms with Crippen molar-refractivity contribution in [2.75, 3.05) is 13.6 Å². The van der Waals surface area contributed by atoms with Crippen LogP contribution in [0, 0.1) is 0 Å². The molecule has 2 rings (SSSR count). The molecule has 0 spiro atoms. The molecule has 1 aromatic heterocycles. The van der Waals surface area contributed by atoms with Crippen molar-refractivity contribution in [2.24, 2.45) is 0 Å². The molecule has 19 heavy (non-hydrogen) atoms. The number of aromatic nitrogens is 1. The van der Waals surface area contributed by atoms with E-state index < -0.39 is 0 Å². The summed E-state index contributed by atoms with van der Waals surface area (Å²) in [7, 11) is 1.82. The van der Waals surface area contributed by atoms with Crippen LogP contribution in [0.3, 0.4) is 0 Å². The molecule has 0 aliphatic rings. The lowest BCUT2D eigenvalue weighted by Gasteiger charge is -2.16. The summed E-state index contributed by atoms with van der Waals surface area (Å²) in [6.45, 7) is 2.88. The summed E-state index contributed by atoms with van der Waals surface area (Å²) >= 11 is 5.96. The molecule has 1 aromatic carbocycles. The van der Waals surface area contributed by atoms with Crippen molar-refractivity contribution in [3.05, 3.63) is 41.0 Å². The summed E-state index contributed by atoms with van der Waals surface area (Å²) in [5, 5.41) is 1.54. The van der Waals surface area contributed by atoms with E-state index in [2.05, 4.69) is 11.9 Å². The van der Waals surface area contributed by atoms with Gasteiger partial charge in [-0.15, -0.1) is 0 Å². The van der Waals surface area contributed by atoms with Gasteiger partial charge in [0, 0.05) is 30.2 Å². The fourth-order valence-electron chi connectivity index (χ4n) is 1.94. The number of benzene rings is 1. The number of hydrogen-bond acceptors (Lipinski definition) is 2. The molecule has 0 aliphatic heterocycles. The highest BCUT2D eigenvalue weighted by molar-refractivity contribution is 6.31. The minimum absolute atomic E-state index is 0.00262. The second-order valence-electron chi connectivity index (χ2n) is 4.64. The molecule has 1 heterocycles. The Morgan fingerprint density at radius 3 is 2.89 bits per heavy atom. The molecule has 1 amide bonds. The first-order valence-electron chi connectivity index (χ1n) is 6.42. The van der Waals surface area contributed by atoms with Crippen LogP contribution in [0.1, 0.15) is 30.1 Å². The van der Waals surface area contributed by atoms with E-state index in [0.717, 1.165) is 30.3 Å². The number of rotatable bonds is 4. The molecule has 4 heteroatoms. The van der Waals surface area contributed by atoms with Crippen LogP contribution in [0.2, 0.25) is 5.02 Å². The highest BCUT2D eigenvalue weighted by Crippen LogP contribution is 2.19. The average Bonchev–Trinajstić information content (AvgIpc) is 2.43. The van der Waals surface area contributed by atoms with Gasteiger partial charge in [0.1, 0.15) is 0 Å². The third kappa shape index (κ3) is 3.24. The number of fused-ring (bicyclic) bond motifs is 1. The van der Waals surface area contributed by atoms with E-state index in [0.29, 0.717) is 10.6 Å². The quantitative estimate of drug-likeness (QED) is 0.852. The normalized spacial score (nSPS) is 10.7. The van der Waals surface area contributed by atoms with Gasteiger partial charge in [-0.25, -0.2) is 0 Å². The summed E-state index contributed by atoms with van der Waals surface area (Å²) < 4.78 is 0. The van der Waals surface area contributed by atoms with Crippen LogP contribution in [-0.4, -0.2) is 29.4 Å². The lowest BCUT2D eigenvalue weighted by atomic mass is 10.1. The van der Waals surface area contributed by atoms with Crippen molar-refractivity contribution in [3.8, 4) is 0 Å². The summed E-state index contributed by atoms with van der Waals surface area (Å²) in [5.41, 5.74) is 1.45. The fourth-order valence-corrected chi connectivity index (χ4v) is 2.12. The highest BCUT2D eigenvalue weighted by atomic mass is 35.5. The third-order valence-electron chi connectivity index (χ3n) is 3.08. The van der Waals surface area contributed by atoms with Crippen LogP contribution in [-0.2, 0) is 0 Å². The monoisotopic (exact) mass is 276 g/mol. The van der Waals surface area contributed by atoms with E-state index in [-0.39, 0.29) is 5.91 Å². The molecular formula is C15H17ClN2O. The topological polar surface area (TPSA) is 33.2 Å². The first kappa shape index (κ1) is 13.8. The minimum atomic E-state index is 0.00262. The predicted molar refractivity (Wildman–Crippen MR) is 78.6 cm³/mol. The molecule has 0 N–H and O–H groups in total. The Kier molecular flexibility index (Phi) is 4.38. The molecule has 2 aromatic rings. The molecule has 100 valence electrons. The van der Waals surface area contributed by atoms with Crippen LogP contribution in [0.5, 0.6) is 0 Å². The lowest BCUT2D eigenvalue weighted by Crippen LogP contribution is -2.27. The Morgan fingerprint density at radius 2 is 2.16 bits per heavy atom. The van der Waals surface area contributed by atoms with Crippen LogP contribution in [0.25, 0.3) is 10.9 Å². The van der Waals surface area contributed by atoms with Gasteiger partial charge in [-0.05, 0) is 30.7 Å². The number of pyridine rings is 1. The van der Waals surface area contributed by atoms with E-state index in [1.165, 1.54) is 0 Å². The van der Waals surface area contributed by atoms with Crippen molar-refractivity contribution < 1.29 is 4.79 Å². The number of unbranched alkanes of at least 4 members (excludes halogenated alkanes) is 1. The lowest BCUT2D eigenvalue weighted by molar-refractivity contribution is 0.0793. The molecule has 0 radical (unpaired) electrons. The Morgan fingerprint density at radius 1 is 1.37 bits per heavy atom. The van der Waals surface area contributed by atoms with Crippen LogP contribution < -0.4 is 0 Å².